The molecule has 4 heteroatoms. The van der Waals surface area contributed by atoms with Crippen LogP contribution in [0, 0.1) is 0 Å². The molecule has 0 aliphatic carbocycles. The molecular formula is C9H8O4. The number of aromatic hydroxyl groups is 1. The molecule has 13 heavy (non-hydrogen) atoms. The van der Waals surface area contributed by atoms with Crippen molar-refractivity contribution in [2.24, 2.45) is 0 Å². The maximum atomic E-state index is 11.1. The largest absolute Gasteiger partial charge is 0.504 e. The summed E-state index contributed by atoms with van der Waals surface area (Å²) < 4.78 is 9.74. The second kappa shape index (κ2) is 2.65. The van der Waals surface area contributed by atoms with E-state index in [1.165, 1.54) is 19.2 Å². The standard InChI is InChI=1S/C9H8O4/c1-12-8-6-4-13-9(11)5(6)2-3-7(8)10/h2-3,10H,4H2,1H3. The molecule has 0 radical (unpaired) electrons. The fourth-order valence-corrected chi connectivity index (χ4v) is 1.39. The van der Waals surface area contributed by atoms with Gasteiger partial charge in [0.25, 0.3) is 0 Å². The topological polar surface area (TPSA) is 55.8 Å². The number of phenols is 1. The van der Waals surface area contributed by atoms with Crippen LogP contribution in [0.5, 0.6) is 11.5 Å². The summed E-state index contributed by atoms with van der Waals surface area (Å²) >= 11 is 0. The summed E-state index contributed by atoms with van der Waals surface area (Å²) in [6.45, 7) is 0.172. The number of carbonyl (C=O) groups is 1. The highest BCUT2D eigenvalue weighted by Crippen LogP contribution is 2.36. The Bertz CT molecular complexity index is 370. The van der Waals surface area contributed by atoms with Gasteiger partial charge in [0.05, 0.1) is 12.7 Å². The molecule has 0 amide bonds. The molecule has 1 aromatic carbocycles. The van der Waals surface area contributed by atoms with Crippen molar-refractivity contribution in [3.63, 3.8) is 0 Å². The monoisotopic (exact) mass is 180 g/mol. The van der Waals surface area contributed by atoms with Gasteiger partial charge in [-0.15, -0.1) is 0 Å². The van der Waals surface area contributed by atoms with E-state index in [1.54, 1.807) is 0 Å². The molecule has 0 spiro atoms. The summed E-state index contributed by atoms with van der Waals surface area (Å²) in [5.41, 5.74) is 1.09. The van der Waals surface area contributed by atoms with E-state index in [2.05, 4.69) is 0 Å². The van der Waals surface area contributed by atoms with Crippen molar-refractivity contribution in [1.29, 1.82) is 0 Å². The van der Waals surface area contributed by atoms with Crippen LogP contribution in [0.4, 0.5) is 0 Å². The molecular weight excluding hydrogens is 172 g/mol. The zero-order valence-electron chi connectivity index (χ0n) is 7.03. The highest BCUT2D eigenvalue weighted by atomic mass is 16.5. The molecule has 1 N–H and O–H groups in total. The Morgan fingerprint density at radius 3 is 3.00 bits per heavy atom. The van der Waals surface area contributed by atoms with Crippen LogP contribution in [0.3, 0.4) is 0 Å². The van der Waals surface area contributed by atoms with Gasteiger partial charge in [-0.2, -0.15) is 0 Å². The molecule has 1 aliphatic heterocycles. The lowest BCUT2D eigenvalue weighted by Gasteiger charge is -2.05. The Hall–Kier alpha value is -1.71. The Balaban J connectivity index is 2.64. The summed E-state index contributed by atoms with van der Waals surface area (Å²) in [5, 5.41) is 9.37. The Morgan fingerprint density at radius 1 is 1.54 bits per heavy atom. The zero-order valence-corrected chi connectivity index (χ0v) is 7.03. The Morgan fingerprint density at radius 2 is 2.31 bits per heavy atom. The van der Waals surface area contributed by atoms with E-state index in [0.29, 0.717) is 16.9 Å². The highest BCUT2D eigenvalue weighted by molar-refractivity contribution is 5.94. The molecule has 1 aliphatic rings. The second-order valence-electron chi connectivity index (χ2n) is 2.72. The predicted octanol–water partition coefficient (Wildman–Crippen LogP) is 1.07. The van der Waals surface area contributed by atoms with E-state index in [9.17, 15) is 9.90 Å². The third-order valence-electron chi connectivity index (χ3n) is 2.01. The van der Waals surface area contributed by atoms with Crippen LogP contribution in [-0.4, -0.2) is 18.2 Å². The molecule has 68 valence electrons. The SMILES string of the molecule is COc1c(O)ccc2c1COC2=O. The molecule has 1 aromatic rings. The van der Waals surface area contributed by atoms with Crippen molar-refractivity contribution in [3.05, 3.63) is 23.3 Å². The fraction of sp³-hybridized carbons (Fsp3) is 0.222. The first-order chi connectivity index (χ1) is 6.24. The average Bonchev–Trinajstić information content (AvgIpc) is 2.48. The van der Waals surface area contributed by atoms with Crippen LogP contribution < -0.4 is 4.74 Å². The fourth-order valence-electron chi connectivity index (χ4n) is 1.39. The van der Waals surface area contributed by atoms with Crippen LogP contribution in [0.1, 0.15) is 15.9 Å². The van der Waals surface area contributed by atoms with Crippen LogP contribution in [0.2, 0.25) is 0 Å². The van der Waals surface area contributed by atoms with Gasteiger partial charge in [-0.3, -0.25) is 0 Å². The van der Waals surface area contributed by atoms with Crippen molar-refractivity contribution < 1.29 is 19.4 Å². The van der Waals surface area contributed by atoms with E-state index in [1.807, 2.05) is 0 Å². The van der Waals surface area contributed by atoms with E-state index in [-0.39, 0.29) is 18.3 Å². The lowest BCUT2D eigenvalue weighted by Crippen LogP contribution is -1.94. The van der Waals surface area contributed by atoms with Crippen LogP contribution in [0.15, 0.2) is 12.1 Å². The van der Waals surface area contributed by atoms with Gasteiger partial charge in [0.15, 0.2) is 11.5 Å². The van der Waals surface area contributed by atoms with Gasteiger partial charge >= 0.3 is 5.97 Å². The maximum absolute atomic E-state index is 11.1. The molecule has 0 fully saturated rings. The average molecular weight is 180 g/mol. The molecule has 4 nitrogen and oxygen atoms in total. The number of esters is 1. The van der Waals surface area contributed by atoms with Gasteiger partial charge in [-0.05, 0) is 12.1 Å². The van der Waals surface area contributed by atoms with Gasteiger partial charge in [0.2, 0.25) is 0 Å². The van der Waals surface area contributed by atoms with Gasteiger partial charge in [0.1, 0.15) is 6.61 Å². The van der Waals surface area contributed by atoms with Crippen LogP contribution in [0.25, 0.3) is 0 Å². The smallest absolute Gasteiger partial charge is 0.339 e. The third-order valence-corrected chi connectivity index (χ3v) is 2.01. The number of methoxy groups -OCH3 is 1. The summed E-state index contributed by atoms with van der Waals surface area (Å²) in [5.74, 6) is -0.0174. The predicted molar refractivity (Wildman–Crippen MR) is 43.8 cm³/mol. The van der Waals surface area contributed by atoms with Gasteiger partial charge in [-0.1, -0.05) is 0 Å². The third kappa shape index (κ3) is 1.02. The number of cyclic esters (lactones) is 1. The molecule has 0 saturated heterocycles. The molecule has 0 atom stereocenters. The minimum atomic E-state index is -0.367. The Labute approximate surface area is 74.7 Å². The van der Waals surface area contributed by atoms with E-state index in [0.717, 1.165) is 0 Å². The number of carbonyl (C=O) groups excluding carboxylic acids is 1. The van der Waals surface area contributed by atoms with E-state index >= 15 is 0 Å². The van der Waals surface area contributed by atoms with Crippen molar-refractivity contribution >= 4 is 5.97 Å². The summed E-state index contributed by atoms with van der Waals surface area (Å²) in [7, 11) is 1.44. The Kier molecular flexibility index (Phi) is 1.62. The summed E-state index contributed by atoms with van der Waals surface area (Å²) in [6.07, 6.45) is 0. The lowest BCUT2D eigenvalue weighted by molar-refractivity contribution is 0.0534. The van der Waals surface area contributed by atoms with E-state index in [4.69, 9.17) is 9.47 Å². The number of ether oxygens (including phenoxy) is 2. The quantitative estimate of drug-likeness (QED) is 0.657. The van der Waals surface area contributed by atoms with Crippen molar-refractivity contribution in [2.45, 2.75) is 6.61 Å². The lowest BCUT2D eigenvalue weighted by atomic mass is 10.1. The van der Waals surface area contributed by atoms with Crippen LogP contribution in [-0.2, 0) is 11.3 Å². The number of hydrogen-bond donors (Lipinski definition) is 1. The first kappa shape index (κ1) is 7.91. The summed E-state index contributed by atoms with van der Waals surface area (Å²) in [4.78, 5) is 11.1. The first-order valence-electron chi connectivity index (χ1n) is 3.80. The maximum Gasteiger partial charge on any atom is 0.339 e. The number of fused-ring (bicyclic) bond motifs is 1. The number of phenolic OH excluding ortho intramolecular Hbond substituents is 1. The number of rotatable bonds is 1. The summed E-state index contributed by atoms with van der Waals surface area (Å²) in [6, 6.07) is 2.95. The second-order valence-corrected chi connectivity index (χ2v) is 2.72. The normalized spacial score (nSPS) is 13.8. The molecule has 0 aromatic heterocycles. The molecule has 2 rings (SSSR count). The van der Waals surface area contributed by atoms with E-state index < -0.39 is 0 Å². The minimum absolute atomic E-state index is 0.0274. The van der Waals surface area contributed by atoms with Crippen molar-refractivity contribution in [3.8, 4) is 11.5 Å². The zero-order chi connectivity index (χ0) is 9.42. The molecule has 1 heterocycles. The first-order valence-corrected chi connectivity index (χ1v) is 3.80. The van der Waals surface area contributed by atoms with Crippen molar-refractivity contribution in [1.82, 2.24) is 0 Å². The van der Waals surface area contributed by atoms with Gasteiger partial charge in [0, 0.05) is 5.56 Å². The molecule has 0 bridgehead atoms. The van der Waals surface area contributed by atoms with Crippen molar-refractivity contribution in [2.75, 3.05) is 7.11 Å². The van der Waals surface area contributed by atoms with Gasteiger partial charge < -0.3 is 14.6 Å². The number of benzene rings is 1. The molecule has 0 unspecified atom stereocenters. The van der Waals surface area contributed by atoms with Gasteiger partial charge in [-0.25, -0.2) is 4.79 Å². The minimum Gasteiger partial charge on any atom is -0.504 e. The number of hydrogen-bond acceptors (Lipinski definition) is 4. The van der Waals surface area contributed by atoms with Crippen LogP contribution >= 0.6 is 0 Å². The highest BCUT2D eigenvalue weighted by Gasteiger charge is 2.26. The molecule has 0 saturated carbocycles.